The lowest BCUT2D eigenvalue weighted by molar-refractivity contribution is 0.229. The molecule has 0 spiro atoms. The second-order valence-corrected chi connectivity index (χ2v) is 6.86. The van der Waals surface area contributed by atoms with Crippen LogP contribution in [0.15, 0.2) is 42.5 Å². The first-order valence-electron chi connectivity index (χ1n) is 9.47. The molecule has 2 amide bonds. The van der Waals surface area contributed by atoms with Crippen molar-refractivity contribution in [3.8, 4) is 17.2 Å². The van der Waals surface area contributed by atoms with Crippen molar-refractivity contribution in [1.82, 2.24) is 10.6 Å². The van der Waals surface area contributed by atoms with Crippen molar-refractivity contribution < 1.29 is 19.0 Å². The van der Waals surface area contributed by atoms with E-state index in [0.717, 1.165) is 11.3 Å². The number of ether oxygens (including phenoxy) is 3. The highest BCUT2D eigenvalue weighted by atomic mass is 16.5. The number of rotatable bonds is 9. The third-order valence-electron chi connectivity index (χ3n) is 4.08. The van der Waals surface area contributed by atoms with Gasteiger partial charge in [0, 0.05) is 0 Å². The van der Waals surface area contributed by atoms with Gasteiger partial charge in [-0.1, -0.05) is 23.8 Å². The van der Waals surface area contributed by atoms with E-state index in [-0.39, 0.29) is 18.2 Å². The second-order valence-electron chi connectivity index (χ2n) is 6.86. The molecule has 6 nitrogen and oxygen atoms in total. The normalized spacial score (nSPS) is 11.6. The number of aryl methyl sites for hydroxylation is 1. The van der Waals surface area contributed by atoms with E-state index in [1.807, 2.05) is 70.2 Å². The van der Waals surface area contributed by atoms with Crippen LogP contribution in [0.5, 0.6) is 17.2 Å². The monoisotopic (exact) mass is 386 g/mol. The van der Waals surface area contributed by atoms with Crippen LogP contribution in [0.25, 0.3) is 0 Å². The standard InChI is InChI=1S/C22H30N2O4/c1-15(2)28-20-11-8-18(14-21(20)26-5)17(4)24-22(25)23-12-13-27-19-9-6-16(3)7-10-19/h6-11,14-15,17H,12-13H2,1-5H3,(H2,23,24,25). The summed E-state index contributed by atoms with van der Waals surface area (Å²) in [7, 11) is 1.60. The Balaban J connectivity index is 1.80. The molecule has 2 N–H and O–H groups in total. The third-order valence-corrected chi connectivity index (χ3v) is 4.08. The molecule has 0 fully saturated rings. The number of amides is 2. The fraction of sp³-hybridized carbons (Fsp3) is 0.409. The summed E-state index contributed by atoms with van der Waals surface area (Å²) < 4.78 is 16.7. The van der Waals surface area contributed by atoms with E-state index in [9.17, 15) is 4.79 Å². The van der Waals surface area contributed by atoms with E-state index in [2.05, 4.69) is 10.6 Å². The van der Waals surface area contributed by atoms with Gasteiger partial charge >= 0.3 is 6.03 Å². The largest absolute Gasteiger partial charge is 0.493 e. The first kappa shape index (κ1) is 21.4. The summed E-state index contributed by atoms with van der Waals surface area (Å²) in [6.45, 7) is 8.68. The van der Waals surface area contributed by atoms with Crippen LogP contribution in [0.4, 0.5) is 4.79 Å². The third kappa shape index (κ3) is 6.68. The van der Waals surface area contributed by atoms with E-state index >= 15 is 0 Å². The zero-order valence-corrected chi connectivity index (χ0v) is 17.2. The van der Waals surface area contributed by atoms with Crippen LogP contribution in [-0.2, 0) is 0 Å². The van der Waals surface area contributed by atoms with Crippen LogP contribution in [0, 0.1) is 6.92 Å². The zero-order chi connectivity index (χ0) is 20.5. The Morgan fingerprint density at radius 2 is 1.75 bits per heavy atom. The summed E-state index contributed by atoms with van der Waals surface area (Å²) in [6, 6.07) is 13.0. The predicted molar refractivity (Wildman–Crippen MR) is 110 cm³/mol. The van der Waals surface area contributed by atoms with Crippen LogP contribution in [0.3, 0.4) is 0 Å². The molecule has 0 bridgehead atoms. The van der Waals surface area contributed by atoms with Crippen molar-refractivity contribution in [2.75, 3.05) is 20.3 Å². The molecular weight excluding hydrogens is 356 g/mol. The summed E-state index contributed by atoms with van der Waals surface area (Å²) in [4.78, 5) is 12.1. The molecule has 2 aromatic rings. The van der Waals surface area contributed by atoms with Gasteiger partial charge < -0.3 is 24.8 Å². The van der Waals surface area contributed by atoms with Crippen molar-refractivity contribution in [1.29, 1.82) is 0 Å². The Labute approximate surface area is 167 Å². The van der Waals surface area contributed by atoms with E-state index in [1.54, 1.807) is 7.11 Å². The first-order chi connectivity index (χ1) is 13.4. The van der Waals surface area contributed by atoms with Crippen molar-refractivity contribution in [3.63, 3.8) is 0 Å². The van der Waals surface area contributed by atoms with E-state index < -0.39 is 0 Å². The molecule has 0 radical (unpaired) electrons. The van der Waals surface area contributed by atoms with Crippen LogP contribution in [0.1, 0.15) is 37.9 Å². The van der Waals surface area contributed by atoms with E-state index in [0.29, 0.717) is 24.7 Å². The van der Waals surface area contributed by atoms with Crippen LogP contribution < -0.4 is 24.8 Å². The number of benzene rings is 2. The zero-order valence-electron chi connectivity index (χ0n) is 17.2. The Hall–Kier alpha value is -2.89. The fourth-order valence-electron chi connectivity index (χ4n) is 2.60. The second kappa shape index (κ2) is 10.4. The van der Waals surface area contributed by atoms with Gasteiger partial charge in [-0.3, -0.25) is 0 Å². The lowest BCUT2D eigenvalue weighted by Gasteiger charge is -2.18. The highest BCUT2D eigenvalue weighted by Gasteiger charge is 2.13. The molecule has 1 unspecified atom stereocenters. The van der Waals surface area contributed by atoms with Crippen LogP contribution >= 0.6 is 0 Å². The van der Waals surface area contributed by atoms with Gasteiger partial charge in [-0.25, -0.2) is 4.79 Å². The predicted octanol–water partition coefficient (Wildman–Crippen LogP) is 4.23. The maximum atomic E-state index is 12.1. The first-order valence-corrected chi connectivity index (χ1v) is 9.47. The minimum Gasteiger partial charge on any atom is -0.493 e. The number of urea groups is 1. The molecule has 0 aliphatic heterocycles. The van der Waals surface area contributed by atoms with Gasteiger partial charge in [-0.05, 0) is 57.5 Å². The number of carbonyl (C=O) groups excluding carboxylic acids is 1. The van der Waals surface area contributed by atoms with Crippen molar-refractivity contribution in [2.24, 2.45) is 0 Å². The van der Waals surface area contributed by atoms with E-state index in [1.165, 1.54) is 5.56 Å². The quantitative estimate of drug-likeness (QED) is 0.633. The molecular formula is C22H30N2O4. The number of carbonyl (C=O) groups is 1. The van der Waals surface area contributed by atoms with Crippen molar-refractivity contribution >= 4 is 6.03 Å². The molecule has 28 heavy (non-hydrogen) atoms. The molecule has 2 aromatic carbocycles. The lowest BCUT2D eigenvalue weighted by Crippen LogP contribution is -2.39. The highest BCUT2D eigenvalue weighted by Crippen LogP contribution is 2.31. The molecule has 0 aromatic heterocycles. The Bertz CT molecular complexity index is 760. The van der Waals surface area contributed by atoms with Gasteiger partial charge in [0.15, 0.2) is 11.5 Å². The molecule has 0 saturated carbocycles. The van der Waals surface area contributed by atoms with Crippen LogP contribution in [0.2, 0.25) is 0 Å². The van der Waals surface area contributed by atoms with Gasteiger partial charge in [-0.2, -0.15) is 0 Å². The molecule has 152 valence electrons. The minimum absolute atomic E-state index is 0.0585. The minimum atomic E-state index is -0.249. The van der Waals surface area contributed by atoms with Gasteiger partial charge in [0.2, 0.25) is 0 Å². The van der Waals surface area contributed by atoms with E-state index in [4.69, 9.17) is 14.2 Å². The molecule has 0 saturated heterocycles. The summed E-state index contributed by atoms with van der Waals surface area (Å²) in [5.74, 6) is 2.12. The summed E-state index contributed by atoms with van der Waals surface area (Å²) in [6.07, 6.45) is 0.0585. The number of nitrogens with one attached hydrogen (secondary N) is 2. The SMILES string of the molecule is COc1cc(C(C)NC(=O)NCCOc2ccc(C)cc2)ccc1OC(C)C. The maximum Gasteiger partial charge on any atom is 0.315 e. The summed E-state index contributed by atoms with van der Waals surface area (Å²) in [5.41, 5.74) is 2.11. The Morgan fingerprint density at radius 3 is 2.39 bits per heavy atom. The Morgan fingerprint density at radius 1 is 1.04 bits per heavy atom. The van der Waals surface area contributed by atoms with Gasteiger partial charge in [0.05, 0.1) is 25.8 Å². The van der Waals surface area contributed by atoms with Crippen LogP contribution in [-0.4, -0.2) is 32.4 Å². The average molecular weight is 386 g/mol. The molecule has 2 rings (SSSR count). The number of hydrogen-bond acceptors (Lipinski definition) is 4. The fourth-order valence-corrected chi connectivity index (χ4v) is 2.60. The average Bonchev–Trinajstić information content (AvgIpc) is 2.66. The van der Waals surface area contributed by atoms with Gasteiger partial charge in [0.1, 0.15) is 12.4 Å². The smallest absolute Gasteiger partial charge is 0.315 e. The molecule has 0 aliphatic carbocycles. The van der Waals surface area contributed by atoms with Gasteiger partial charge in [0.25, 0.3) is 0 Å². The van der Waals surface area contributed by atoms with Gasteiger partial charge in [-0.15, -0.1) is 0 Å². The summed E-state index contributed by atoms with van der Waals surface area (Å²) in [5, 5.41) is 5.71. The maximum absolute atomic E-state index is 12.1. The molecule has 6 heteroatoms. The summed E-state index contributed by atoms with van der Waals surface area (Å²) >= 11 is 0. The number of hydrogen-bond donors (Lipinski definition) is 2. The number of methoxy groups -OCH3 is 1. The molecule has 0 heterocycles. The van der Waals surface area contributed by atoms with Crippen molar-refractivity contribution in [2.45, 2.75) is 39.8 Å². The molecule has 1 atom stereocenters. The lowest BCUT2D eigenvalue weighted by atomic mass is 10.1. The van der Waals surface area contributed by atoms with Crippen molar-refractivity contribution in [3.05, 3.63) is 53.6 Å². The molecule has 0 aliphatic rings. The topological polar surface area (TPSA) is 68.8 Å². The Kier molecular flexibility index (Phi) is 7.99. The highest BCUT2D eigenvalue weighted by molar-refractivity contribution is 5.74.